The van der Waals surface area contributed by atoms with Crippen molar-refractivity contribution in [1.29, 1.82) is 0 Å². The molecule has 0 saturated heterocycles. The zero-order valence-corrected chi connectivity index (χ0v) is 11.2. The van der Waals surface area contributed by atoms with Crippen LogP contribution in [0.3, 0.4) is 0 Å². The van der Waals surface area contributed by atoms with Gasteiger partial charge in [-0.15, -0.1) is 0 Å². The van der Waals surface area contributed by atoms with Crippen molar-refractivity contribution in [2.75, 3.05) is 14.2 Å². The zero-order chi connectivity index (χ0) is 13.8. The fourth-order valence-electron chi connectivity index (χ4n) is 2.28. The molecule has 0 bridgehead atoms. The lowest BCUT2D eigenvalue weighted by Crippen LogP contribution is -2.39. The molecule has 1 amide bonds. The Hall–Kier alpha value is -1.69. The van der Waals surface area contributed by atoms with Gasteiger partial charge in [-0.3, -0.25) is 9.59 Å². The van der Waals surface area contributed by atoms with Crippen LogP contribution in [0.25, 0.3) is 0 Å². The number of rotatable bonds is 4. The summed E-state index contributed by atoms with van der Waals surface area (Å²) in [5, 5.41) is 3.75. The number of hydrogen-bond donors (Lipinski definition) is 0. The van der Waals surface area contributed by atoms with Gasteiger partial charge in [0.25, 0.3) is 5.91 Å². The summed E-state index contributed by atoms with van der Waals surface area (Å²) in [5.74, 6) is 0.629. The van der Waals surface area contributed by atoms with Gasteiger partial charge in [-0.2, -0.15) is 0 Å². The molecule has 19 heavy (non-hydrogen) atoms. The lowest BCUT2D eigenvalue weighted by Gasteiger charge is -2.30. The minimum atomic E-state index is -0.176. The maximum absolute atomic E-state index is 12.2. The van der Waals surface area contributed by atoms with Crippen LogP contribution in [0.15, 0.2) is 10.6 Å². The molecule has 1 fully saturated rings. The van der Waals surface area contributed by atoms with Crippen LogP contribution in [-0.2, 0) is 16.1 Å². The molecule has 0 unspecified atom stereocenters. The van der Waals surface area contributed by atoms with Gasteiger partial charge in [0.15, 0.2) is 11.5 Å². The molecule has 0 spiro atoms. The molecule has 6 heteroatoms. The first kappa shape index (κ1) is 13.7. The Kier molecular flexibility index (Phi) is 4.31. The van der Waals surface area contributed by atoms with Crippen LogP contribution >= 0.6 is 0 Å². The Labute approximate surface area is 111 Å². The van der Waals surface area contributed by atoms with E-state index in [0.717, 1.165) is 12.8 Å². The Balaban J connectivity index is 1.99. The highest BCUT2D eigenvalue weighted by molar-refractivity contribution is 5.92. The van der Waals surface area contributed by atoms with Crippen LogP contribution < -0.4 is 0 Å². The SMILES string of the molecule is COCc1cc(C(=O)N(C)C2CCC(=O)CC2)no1. The zero-order valence-electron chi connectivity index (χ0n) is 11.2. The number of hydrogen-bond acceptors (Lipinski definition) is 5. The maximum Gasteiger partial charge on any atom is 0.276 e. The van der Waals surface area contributed by atoms with Gasteiger partial charge in [0.1, 0.15) is 12.4 Å². The van der Waals surface area contributed by atoms with E-state index >= 15 is 0 Å². The van der Waals surface area contributed by atoms with Crippen molar-refractivity contribution in [2.24, 2.45) is 0 Å². The second-order valence-electron chi connectivity index (χ2n) is 4.80. The van der Waals surface area contributed by atoms with Gasteiger partial charge in [-0.25, -0.2) is 0 Å². The standard InChI is InChI=1S/C13H18N2O4/c1-15(9-3-5-10(16)6-4-9)13(17)12-7-11(8-18-2)19-14-12/h7,9H,3-6,8H2,1-2H3. The van der Waals surface area contributed by atoms with E-state index in [1.165, 1.54) is 0 Å². The van der Waals surface area contributed by atoms with E-state index in [2.05, 4.69) is 5.16 Å². The highest BCUT2D eigenvalue weighted by Gasteiger charge is 2.27. The number of nitrogens with zero attached hydrogens (tertiary/aromatic N) is 2. The predicted octanol–water partition coefficient (Wildman–Crippen LogP) is 1.40. The molecule has 0 N–H and O–H groups in total. The van der Waals surface area contributed by atoms with Crippen LogP contribution in [0.4, 0.5) is 0 Å². The highest BCUT2D eigenvalue weighted by Crippen LogP contribution is 2.21. The van der Waals surface area contributed by atoms with Crippen molar-refractivity contribution in [3.05, 3.63) is 17.5 Å². The predicted molar refractivity (Wildman–Crippen MR) is 66.6 cm³/mol. The van der Waals surface area contributed by atoms with Crippen LogP contribution in [-0.4, -0.2) is 41.9 Å². The van der Waals surface area contributed by atoms with Crippen molar-refractivity contribution in [2.45, 2.75) is 38.3 Å². The van der Waals surface area contributed by atoms with Crippen LogP contribution in [0.5, 0.6) is 0 Å². The minimum Gasteiger partial charge on any atom is -0.377 e. The largest absolute Gasteiger partial charge is 0.377 e. The second-order valence-corrected chi connectivity index (χ2v) is 4.80. The molecule has 1 aliphatic carbocycles. The maximum atomic E-state index is 12.2. The molecular formula is C13H18N2O4. The Morgan fingerprint density at radius 1 is 1.53 bits per heavy atom. The van der Waals surface area contributed by atoms with Gasteiger partial charge >= 0.3 is 0 Å². The third-order valence-electron chi connectivity index (χ3n) is 3.45. The topological polar surface area (TPSA) is 72.6 Å². The normalized spacial score (nSPS) is 16.6. The number of amides is 1. The molecule has 1 aromatic heterocycles. The lowest BCUT2D eigenvalue weighted by molar-refractivity contribution is -0.121. The number of carbonyl (C=O) groups excluding carboxylic acids is 2. The van der Waals surface area contributed by atoms with E-state index in [-0.39, 0.29) is 23.4 Å². The number of aromatic nitrogens is 1. The first-order valence-electron chi connectivity index (χ1n) is 6.35. The van der Waals surface area contributed by atoms with Gasteiger partial charge in [0.05, 0.1) is 0 Å². The summed E-state index contributed by atoms with van der Waals surface area (Å²) in [6, 6.07) is 1.70. The van der Waals surface area contributed by atoms with E-state index in [1.54, 1.807) is 25.1 Å². The minimum absolute atomic E-state index is 0.104. The van der Waals surface area contributed by atoms with Gasteiger partial charge in [-0.1, -0.05) is 5.16 Å². The number of ether oxygens (including phenoxy) is 1. The van der Waals surface area contributed by atoms with Crippen molar-refractivity contribution >= 4 is 11.7 Å². The number of carbonyl (C=O) groups is 2. The number of Topliss-reactive ketones (excluding diaryl/α,β-unsaturated/α-hetero) is 1. The summed E-state index contributed by atoms with van der Waals surface area (Å²) in [6.07, 6.45) is 2.56. The van der Waals surface area contributed by atoms with Gasteiger partial charge in [0.2, 0.25) is 0 Å². The van der Waals surface area contributed by atoms with Crippen molar-refractivity contribution in [1.82, 2.24) is 10.1 Å². The smallest absolute Gasteiger partial charge is 0.276 e. The fraction of sp³-hybridized carbons (Fsp3) is 0.615. The average molecular weight is 266 g/mol. The van der Waals surface area contributed by atoms with Crippen molar-refractivity contribution in [3.63, 3.8) is 0 Å². The summed E-state index contributed by atoms with van der Waals surface area (Å²) in [7, 11) is 3.29. The molecule has 0 atom stereocenters. The van der Waals surface area contributed by atoms with E-state index < -0.39 is 0 Å². The van der Waals surface area contributed by atoms with E-state index in [0.29, 0.717) is 25.2 Å². The molecule has 1 saturated carbocycles. The Morgan fingerprint density at radius 3 is 2.84 bits per heavy atom. The van der Waals surface area contributed by atoms with E-state index in [9.17, 15) is 9.59 Å². The number of methoxy groups -OCH3 is 1. The second kappa shape index (κ2) is 5.97. The Morgan fingerprint density at radius 2 is 2.21 bits per heavy atom. The van der Waals surface area contributed by atoms with Crippen molar-refractivity contribution in [3.8, 4) is 0 Å². The fourth-order valence-corrected chi connectivity index (χ4v) is 2.28. The highest BCUT2D eigenvalue weighted by atomic mass is 16.5. The average Bonchev–Trinajstić information content (AvgIpc) is 2.87. The molecular weight excluding hydrogens is 248 g/mol. The first-order valence-corrected chi connectivity index (χ1v) is 6.35. The molecule has 104 valence electrons. The Bertz CT molecular complexity index is 459. The van der Waals surface area contributed by atoms with E-state index in [4.69, 9.17) is 9.26 Å². The molecule has 0 aliphatic heterocycles. The molecule has 1 heterocycles. The van der Waals surface area contributed by atoms with Gasteiger partial charge in [0, 0.05) is 39.1 Å². The first-order chi connectivity index (χ1) is 9.11. The van der Waals surface area contributed by atoms with Gasteiger partial charge in [-0.05, 0) is 12.8 Å². The monoisotopic (exact) mass is 266 g/mol. The van der Waals surface area contributed by atoms with Crippen LogP contribution in [0.2, 0.25) is 0 Å². The summed E-state index contributed by atoms with van der Waals surface area (Å²) in [4.78, 5) is 25.1. The third kappa shape index (κ3) is 3.20. The molecule has 1 aliphatic rings. The summed E-state index contributed by atoms with van der Waals surface area (Å²) in [5.41, 5.74) is 0.284. The van der Waals surface area contributed by atoms with Crippen LogP contribution in [0.1, 0.15) is 41.9 Å². The van der Waals surface area contributed by atoms with Gasteiger partial charge < -0.3 is 14.2 Å². The lowest BCUT2D eigenvalue weighted by atomic mass is 9.93. The molecule has 1 aromatic rings. The molecule has 0 radical (unpaired) electrons. The summed E-state index contributed by atoms with van der Waals surface area (Å²) < 4.78 is 9.92. The number of ketones is 1. The third-order valence-corrected chi connectivity index (χ3v) is 3.45. The van der Waals surface area contributed by atoms with E-state index in [1.807, 2.05) is 0 Å². The summed E-state index contributed by atoms with van der Waals surface area (Å²) in [6.45, 7) is 0.294. The van der Waals surface area contributed by atoms with Crippen molar-refractivity contribution < 1.29 is 18.8 Å². The van der Waals surface area contributed by atoms with Crippen LogP contribution in [0, 0.1) is 0 Å². The summed E-state index contributed by atoms with van der Waals surface area (Å²) >= 11 is 0. The quantitative estimate of drug-likeness (QED) is 0.823. The molecule has 0 aromatic carbocycles. The molecule has 2 rings (SSSR count). The molecule has 6 nitrogen and oxygen atoms in total.